The van der Waals surface area contributed by atoms with Crippen molar-refractivity contribution in [2.75, 3.05) is 17.2 Å². The van der Waals surface area contributed by atoms with Crippen molar-refractivity contribution < 1.29 is 23.4 Å². The predicted octanol–water partition coefficient (Wildman–Crippen LogP) is 2.11. The third kappa shape index (κ3) is 5.26. The van der Waals surface area contributed by atoms with Gasteiger partial charge in [-0.15, -0.1) is 0 Å². The third-order valence-electron chi connectivity index (χ3n) is 5.57. The summed E-state index contributed by atoms with van der Waals surface area (Å²) in [6.07, 6.45) is 6.14. The molecule has 28 heavy (non-hydrogen) atoms. The lowest BCUT2D eigenvalue weighted by molar-refractivity contribution is -0.169. The molecule has 1 amide bonds. The lowest BCUT2D eigenvalue weighted by Gasteiger charge is -2.29. The lowest BCUT2D eigenvalue weighted by Crippen LogP contribution is -2.32. The van der Waals surface area contributed by atoms with Crippen LogP contribution >= 0.6 is 0 Å². The van der Waals surface area contributed by atoms with Gasteiger partial charge in [-0.1, -0.05) is 6.42 Å². The van der Waals surface area contributed by atoms with Gasteiger partial charge in [-0.05, 0) is 38.5 Å². The molecule has 8 nitrogen and oxygen atoms in total. The first-order valence-corrected chi connectivity index (χ1v) is 9.70. The van der Waals surface area contributed by atoms with Crippen molar-refractivity contribution in [2.45, 2.75) is 69.7 Å². The van der Waals surface area contributed by atoms with E-state index in [2.05, 4.69) is 25.3 Å². The van der Waals surface area contributed by atoms with E-state index in [0.717, 1.165) is 19.3 Å². The average molecular weight is 399 g/mol. The number of amides is 1. The van der Waals surface area contributed by atoms with Gasteiger partial charge in [0.15, 0.2) is 0 Å². The highest BCUT2D eigenvalue weighted by atomic mass is 19.3. The summed E-state index contributed by atoms with van der Waals surface area (Å²) in [6.45, 7) is -2.67. The minimum atomic E-state index is -2.74. The Balaban J connectivity index is 1.65. The van der Waals surface area contributed by atoms with Crippen LogP contribution in [0.15, 0.2) is 6.20 Å². The van der Waals surface area contributed by atoms with Gasteiger partial charge < -0.3 is 26.2 Å². The Kier molecular flexibility index (Phi) is 6.95. The van der Waals surface area contributed by atoms with Crippen molar-refractivity contribution in [1.82, 2.24) is 9.97 Å². The SMILES string of the molecule is NC(=O)c1cnc(N[C@H]2CC[C@H](OC(F)F)CC2)nc1N[C@@H]1CCC[C@@H]1CO. The molecule has 1 heterocycles. The highest BCUT2D eigenvalue weighted by Gasteiger charge is 2.29. The van der Waals surface area contributed by atoms with Gasteiger partial charge in [-0.3, -0.25) is 4.79 Å². The van der Waals surface area contributed by atoms with E-state index in [1.54, 1.807) is 0 Å². The molecule has 2 fully saturated rings. The number of halogens is 2. The number of aromatic nitrogens is 2. The normalized spacial score (nSPS) is 27.7. The van der Waals surface area contributed by atoms with Gasteiger partial charge >= 0.3 is 6.61 Å². The highest BCUT2D eigenvalue weighted by molar-refractivity contribution is 5.97. The number of hydrogen-bond donors (Lipinski definition) is 4. The summed E-state index contributed by atoms with van der Waals surface area (Å²) in [5.74, 6) is 0.184. The molecule has 2 saturated carbocycles. The molecule has 5 N–H and O–H groups in total. The van der Waals surface area contributed by atoms with Crippen LogP contribution in [0.5, 0.6) is 0 Å². The van der Waals surface area contributed by atoms with Crippen LogP contribution in [-0.4, -0.2) is 52.4 Å². The second-order valence-corrected chi connectivity index (χ2v) is 7.46. The topological polar surface area (TPSA) is 122 Å². The van der Waals surface area contributed by atoms with Gasteiger partial charge in [0.2, 0.25) is 5.95 Å². The van der Waals surface area contributed by atoms with Gasteiger partial charge in [-0.2, -0.15) is 13.8 Å². The van der Waals surface area contributed by atoms with Gasteiger partial charge in [0.25, 0.3) is 5.91 Å². The van der Waals surface area contributed by atoms with Crippen LogP contribution in [0.25, 0.3) is 0 Å². The third-order valence-corrected chi connectivity index (χ3v) is 5.57. The van der Waals surface area contributed by atoms with E-state index in [1.807, 2.05) is 0 Å². The molecule has 0 spiro atoms. The Labute approximate surface area is 162 Å². The molecule has 156 valence electrons. The number of carbonyl (C=O) groups excluding carboxylic acids is 1. The van der Waals surface area contributed by atoms with Crippen molar-refractivity contribution >= 4 is 17.7 Å². The minimum Gasteiger partial charge on any atom is -0.396 e. The van der Waals surface area contributed by atoms with E-state index in [1.165, 1.54) is 6.20 Å². The van der Waals surface area contributed by atoms with E-state index in [0.29, 0.717) is 37.4 Å². The molecule has 2 aliphatic carbocycles. The molecule has 3 rings (SSSR count). The maximum absolute atomic E-state index is 12.3. The number of alkyl halides is 2. The monoisotopic (exact) mass is 399 g/mol. The van der Waals surface area contributed by atoms with Crippen molar-refractivity contribution in [2.24, 2.45) is 11.7 Å². The molecule has 0 saturated heterocycles. The van der Waals surface area contributed by atoms with E-state index < -0.39 is 18.6 Å². The highest BCUT2D eigenvalue weighted by Crippen LogP contribution is 2.29. The zero-order valence-electron chi connectivity index (χ0n) is 15.6. The maximum atomic E-state index is 12.3. The number of nitrogens with zero attached hydrogens (tertiary/aromatic N) is 2. The number of ether oxygens (including phenoxy) is 1. The molecule has 0 aromatic carbocycles. The summed E-state index contributed by atoms with van der Waals surface area (Å²) in [5, 5.41) is 16.0. The quantitative estimate of drug-likeness (QED) is 0.528. The first-order chi connectivity index (χ1) is 13.5. The first-order valence-electron chi connectivity index (χ1n) is 9.70. The summed E-state index contributed by atoms with van der Waals surface area (Å²) in [6, 6.07) is 0.0641. The van der Waals surface area contributed by atoms with Crippen molar-refractivity contribution in [3.8, 4) is 0 Å². The van der Waals surface area contributed by atoms with Gasteiger partial charge in [0.1, 0.15) is 5.82 Å². The Morgan fingerprint density at radius 3 is 2.64 bits per heavy atom. The van der Waals surface area contributed by atoms with Crippen LogP contribution in [0.2, 0.25) is 0 Å². The summed E-state index contributed by atoms with van der Waals surface area (Å²) in [5.41, 5.74) is 5.64. The lowest BCUT2D eigenvalue weighted by atomic mass is 9.93. The molecule has 1 aromatic heterocycles. The molecule has 0 aliphatic heterocycles. The zero-order valence-corrected chi connectivity index (χ0v) is 15.6. The van der Waals surface area contributed by atoms with Crippen LogP contribution in [-0.2, 0) is 4.74 Å². The number of aliphatic hydroxyl groups is 1. The molecule has 0 bridgehead atoms. The largest absolute Gasteiger partial charge is 0.396 e. The first kappa shape index (κ1) is 20.7. The van der Waals surface area contributed by atoms with Crippen LogP contribution in [0, 0.1) is 5.92 Å². The molecule has 0 unspecified atom stereocenters. The predicted molar refractivity (Wildman–Crippen MR) is 99.1 cm³/mol. The number of anilines is 2. The van der Waals surface area contributed by atoms with Gasteiger partial charge in [0, 0.05) is 30.8 Å². The fourth-order valence-corrected chi connectivity index (χ4v) is 4.03. The van der Waals surface area contributed by atoms with Crippen LogP contribution in [0.1, 0.15) is 55.3 Å². The van der Waals surface area contributed by atoms with Crippen molar-refractivity contribution in [1.29, 1.82) is 0 Å². The van der Waals surface area contributed by atoms with Crippen molar-refractivity contribution in [3.05, 3.63) is 11.8 Å². The molecular weight excluding hydrogens is 372 g/mol. The Hall–Kier alpha value is -2.07. The molecule has 2 aliphatic rings. The Morgan fingerprint density at radius 2 is 2.00 bits per heavy atom. The average Bonchev–Trinajstić information content (AvgIpc) is 3.10. The van der Waals surface area contributed by atoms with Crippen LogP contribution in [0.3, 0.4) is 0 Å². The Bertz CT molecular complexity index is 671. The molecular formula is C18H27F2N5O3. The summed E-state index contributed by atoms with van der Waals surface area (Å²) >= 11 is 0. The molecule has 1 aromatic rings. The summed E-state index contributed by atoms with van der Waals surface area (Å²) < 4.78 is 29.2. The Morgan fingerprint density at radius 1 is 1.25 bits per heavy atom. The van der Waals surface area contributed by atoms with Crippen molar-refractivity contribution in [3.63, 3.8) is 0 Å². The fourth-order valence-electron chi connectivity index (χ4n) is 4.03. The minimum absolute atomic E-state index is 0.0211. The van der Waals surface area contributed by atoms with E-state index in [-0.39, 0.29) is 30.2 Å². The summed E-state index contributed by atoms with van der Waals surface area (Å²) in [4.78, 5) is 20.3. The number of hydrogen-bond acceptors (Lipinski definition) is 7. The molecule has 0 radical (unpaired) electrons. The smallest absolute Gasteiger partial charge is 0.345 e. The standard InChI is InChI=1S/C18H27F2N5O3/c19-17(20)28-12-6-4-11(5-7-12)23-18-22-8-13(15(21)27)16(25-18)24-14-3-1-2-10(14)9-26/h8,10-12,14,17,26H,1-7,9H2,(H2,21,27)(H2,22,23,24,25)/t10-,11-,12-,14-/m1/s1. The van der Waals surface area contributed by atoms with E-state index in [9.17, 15) is 18.7 Å². The number of carbonyl (C=O) groups is 1. The summed E-state index contributed by atoms with van der Waals surface area (Å²) in [7, 11) is 0. The fraction of sp³-hybridized carbons (Fsp3) is 0.722. The zero-order chi connectivity index (χ0) is 20.1. The molecule has 10 heteroatoms. The number of aliphatic hydroxyl groups excluding tert-OH is 1. The van der Waals surface area contributed by atoms with Gasteiger partial charge in [-0.25, -0.2) is 4.98 Å². The number of rotatable bonds is 8. The van der Waals surface area contributed by atoms with Crippen LogP contribution in [0.4, 0.5) is 20.5 Å². The van der Waals surface area contributed by atoms with E-state index in [4.69, 9.17) is 5.73 Å². The van der Waals surface area contributed by atoms with Gasteiger partial charge in [0.05, 0.1) is 11.7 Å². The second kappa shape index (κ2) is 9.42. The van der Waals surface area contributed by atoms with Crippen LogP contribution < -0.4 is 16.4 Å². The van der Waals surface area contributed by atoms with E-state index >= 15 is 0 Å². The number of primary amides is 1. The molecule has 2 atom stereocenters. The number of nitrogens with one attached hydrogen (secondary N) is 2. The second-order valence-electron chi connectivity index (χ2n) is 7.46. The maximum Gasteiger partial charge on any atom is 0.345 e. The number of nitrogens with two attached hydrogens (primary N) is 1.